The first-order valence-corrected chi connectivity index (χ1v) is 25.8. The Balaban J connectivity index is 0.949. The first-order valence-electron chi connectivity index (χ1n) is 25.8. The third kappa shape index (κ3) is 6.63. The van der Waals surface area contributed by atoms with Crippen LogP contribution in [-0.2, 0) is 16.2 Å². The minimum Gasteiger partial charge on any atom is -0.456 e. The van der Waals surface area contributed by atoms with Gasteiger partial charge >= 0.3 is 0 Å². The van der Waals surface area contributed by atoms with Gasteiger partial charge in [-0.1, -0.05) is 205 Å². The van der Waals surface area contributed by atoms with Gasteiger partial charge in [-0.3, -0.25) is 0 Å². The molecular weight excluding hydrogens is 883 g/mol. The van der Waals surface area contributed by atoms with Gasteiger partial charge < -0.3 is 9.32 Å². The quantitative estimate of drug-likeness (QED) is 0.171. The molecule has 73 heavy (non-hydrogen) atoms. The standard InChI is InChI=1S/C71H55NO/c1-69(2,3)52-30-35-56-57-36-31-53(70(4,5)6)42-64(57)71(63(56)41-52)61-18-11-9-17-59(61)68-62(71)19-13-20-65(68)72(55-34-37-67-60(43-55)58-16-10-12-21-66(58)73-67)54-32-28-45(29-33-54)47-24-25-50-40-51(27-26-49(50)39-47)48-23-22-44-14-7-8-15-46(44)38-48/h7-43H,1-6H3. The van der Waals surface area contributed by atoms with Crippen LogP contribution in [0.2, 0.25) is 0 Å². The van der Waals surface area contributed by atoms with Crippen molar-refractivity contribution in [1.29, 1.82) is 0 Å². The molecule has 0 radical (unpaired) electrons. The Hall–Kier alpha value is -8.46. The van der Waals surface area contributed by atoms with Gasteiger partial charge in [-0.25, -0.2) is 0 Å². The molecule has 0 atom stereocenters. The summed E-state index contributed by atoms with van der Waals surface area (Å²) < 4.78 is 6.44. The molecule has 0 saturated carbocycles. The summed E-state index contributed by atoms with van der Waals surface area (Å²) in [6.07, 6.45) is 0. The number of rotatable bonds is 5. The fourth-order valence-corrected chi connectivity index (χ4v) is 12.4. The molecule has 0 amide bonds. The summed E-state index contributed by atoms with van der Waals surface area (Å²) in [7, 11) is 0. The average molecular weight is 938 g/mol. The van der Waals surface area contributed by atoms with E-state index in [0.29, 0.717) is 0 Å². The number of hydrogen-bond donors (Lipinski definition) is 0. The normalized spacial score (nSPS) is 13.5. The van der Waals surface area contributed by atoms with Crippen molar-refractivity contribution in [2.24, 2.45) is 0 Å². The van der Waals surface area contributed by atoms with Gasteiger partial charge in [0.15, 0.2) is 0 Å². The molecule has 0 saturated heterocycles. The maximum absolute atomic E-state index is 6.44. The molecule has 0 aliphatic heterocycles. The van der Waals surface area contributed by atoms with E-state index in [1.807, 2.05) is 6.07 Å². The Morgan fingerprint density at radius 3 is 1.53 bits per heavy atom. The molecule has 11 aromatic carbocycles. The second kappa shape index (κ2) is 15.8. The van der Waals surface area contributed by atoms with Crippen LogP contribution in [0.1, 0.15) is 74.9 Å². The maximum atomic E-state index is 6.44. The summed E-state index contributed by atoms with van der Waals surface area (Å²) in [5.41, 5.74) is 22.6. The van der Waals surface area contributed by atoms with Crippen molar-refractivity contribution in [1.82, 2.24) is 0 Å². The summed E-state index contributed by atoms with van der Waals surface area (Å²) in [5.74, 6) is 0. The molecule has 1 heterocycles. The highest BCUT2D eigenvalue weighted by atomic mass is 16.3. The van der Waals surface area contributed by atoms with Gasteiger partial charge in [0.25, 0.3) is 0 Å². The molecule has 2 nitrogen and oxygen atoms in total. The third-order valence-electron chi connectivity index (χ3n) is 16.2. The molecule has 2 aliphatic rings. The van der Waals surface area contributed by atoms with E-state index in [1.54, 1.807) is 0 Å². The lowest BCUT2D eigenvalue weighted by atomic mass is 9.69. The molecule has 12 aromatic rings. The van der Waals surface area contributed by atoms with Crippen LogP contribution in [0, 0.1) is 0 Å². The molecule has 1 aromatic heterocycles. The molecule has 0 bridgehead atoms. The first-order chi connectivity index (χ1) is 35.4. The monoisotopic (exact) mass is 937 g/mol. The van der Waals surface area contributed by atoms with Crippen molar-refractivity contribution in [3.8, 4) is 44.5 Å². The molecule has 0 unspecified atom stereocenters. The van der Waals surface area contributed by atoms with E-state index in [2.05, 4.69) is 265 Å². The van der Waals surface area contributed by atoms with Gasteiger partial charge in [-0.05, 0) is 165 Å². The van der Waals surface area contributed by atoms with Gasteiger partial charge in [-0.2, -0.15) is 0 Å². The molecule has 2 heteroatoms. The van der Waals surface area contributed by atoms with Crippen LogP contribution >= 0.6 is 0 Å². The van der Waals surface area contributed by atoms with Crippen molar-refractivity contribution in [2.45, 2.75) is 57.8 Å². The SMILES string of the molecule is CC(C)(C)c1ccc2c(c1)C1(c3cc(C(C)(C)C)ccc3-2)c2ccccc2-c2c(N(c3ccc(-c4ccc5cc(-c6ccc7ccccc7c6)ccc5c4)cc3)c3ccc4oc5ccccc5c4c3)cccc21. The number of benzene rings is 11. The number of nitrogens with zero attached hydrogens (tertiary/aromatic N) is 1. The van der Waals surface area contributed by atoms with E-state index in [4.69, 9.17) is 4.42 Å². The third-order valence-corrected chi connectivity index (χ3v) is 16.2. The topological polar surface area (TPSA) is 16.4 Å². The molecule has 2 aliphatic carbocycles. The van der Waals surface area contributed by atoms with Crippen LogP contribution in [0.5, 0.6) is 0 Å². The van der Waals surface area contributed by atoms with Crippen LogP contribution in [0.15, 0.2) is 229 Å². The maximum Gasteiger partial charge on any atom is 0.135 e. The van der Waals surface area contributed by atoms with Crippen LogP contribution in [0.3, 0.4) is 0 Å². The Morgan fingerprint density at radius 1 is 0.342 bits per heavy atom. The fourth-order valence-electron chi connectivity index (χ4n) is 12.4. The van der Waals surface area contributed by atoms with Crippen molar-refractivity contribution < 1.29 is 4.42 Å². The lowest BCUT2D eigenvalue weighted by molar-refractivity contribution is 0.586. The van der Waals surface area contributed by atoms with Crippen molar-refractivity contribution in [3.05, 3.63) is 258 Å². The molecule has 14 rings (SSSR count). The predicted molar refractivity (Wildman–Crippen MR) is 308 cm³/mol. The minimum atomic E-state index is -0.526. The first kappa shape index (κ1) is 43.3. The van der Waals surface area contributed by atoms with Crippen molar-refractivity contribution in [3.63, 3.8) is 0 Å². The van der Waals surface area contributed by atoms with E-state index >= 15 is 0 Å². The Labute approximate surface area is 427 Å². The molecule has 0 N–H and O–H groups in total. The largest absolute Gasteiger partial charge is 0.456 e. The van der Waals surface area contributed by atoms with Gasteiger partial charge in [0.2, 0.25) is 0 Å². The zero-order valence-electron chi connectivity index (χ0n) is 42.2. The smallest absolute Gasteiger partial charge is 0.135 e. The van der Waals surface area contributed by atoms with Crippen molar-refractivity contribution in [2.75, 3.05) is 4.90 Å². The highest BCUT2D eigenvalue weighted by Crippen LogP contribution is 2.65. The zero-order valence-corrected chi connectivity index (χ0v) is 42.2. The minimum absolute atomic E-state index is 0.0297. The van der Waals surface area contributed by atoms with Gasteiger partial charge in [-0.15, -0.1) is 0 Å². The molecule has 0 fully saturated rings. The summed E-state index contributed by atoms with van der Waals surface area (Å²) in [6.45, 7) is 14.0. The highest BCUT2D eigenvalue weighted by molar-refractivity contribution is 6.08. The van der Waals surface area contributed by atoms with Gasteiger partial charge in [0.1, 0.15) is 11.2 Å². The van der Waals surface area contributed by atoms with Crippen LogP contribution < -0.4 is 4.90 Å². The van der Waals surface area contributed by atoms with Crippen LogP contribution in [0.25, 0.3) is 88.0 Å². The Bertz CT molecular complexity index is 4170. The van der Waals surface area contributed by atoms with Crippen molar-refractivity contribution >= 4 is 60.5 Å². The molecular formula is C71H55NO. The predicted octanol–water partition coefficient (Wildman–Crippen LogP) is 19.6. The lowest BCUT2D eigenvalue weighted by Crippen LogP contribution is -2.27. The highest BCUT2D eigenvalue weighted by Gasteiger charge is 2.53. The number of para-hydroxylation sites is 1. The fraction of sp³-hybridized carbons (Fsp3) is 0.127. The Morgan fingerprint density at radius 2 is 0.863 bits per heavy atom. The second-order valence-corrected chi connectivity index (χ2v) is 22.5. The summed E-state index contributed by atoms with van der Waals surface area (Å²) >= 11 is 0. The number of furan rings is 1. The van der Waals surface area contributed by atoms with Gasteiger partial charge in [0.05, 0.1) is 11.1 Å². The zero-order chi connectivity index (χ0) is 49.4. The van der Waals surface area contributed by atoms with Gasteiger partial charge in [0, 0.05) is 27.7 Å². The van der Waals surface area contributed by atoms with E-state index in [1.165, 1.54) is 99.4 Å². The summed E-state index contributed by atoms with van der Waals surface area (Å²) in [5, 5.41) is 7.18. The summed E-state index contributed by atoms with van der Waals surface area (Å²) in [6, 6.07) is 84.2. The van der Waals surface area contributed by atoms with E-state index < -0.39 is 5.41 Å². The lowest BCUT2D eigenvalue weighted by Gasteiger charge is -2.33. The van der Waals surface area contributed by atoms with E-state index in [9.17, 15) is 0 Å². The summed E-state index contributed by atoms with van der Waals surface area (Å²) in [4.78, 5) is 2.49. The Kier molecular flexibility index (Phi) is 9.36. The second-order valence-electron chi connectivity index (χ2n) is 22.5. The van der Waals surface area contributed by atoms with E-state index in [-0.39, 0.29) is 10.8 Å². The number of anilines is 3. The number of fused-ring (bicyclic) bond motifs is 15. The van der Waals surface area contributed by atoms with Crippen LogP contribution in [0.4, 0.5) is 17.1 Å². The molecule has 1 spiro atoms. The number of hydrogen-bond acceptors (Lipinski definition) is 2. The molecule has 350 valence electrons. The van der Waals surface area contributed by atoms with E-state index in [0.717, 1.165) is 39.0 Å². The average Bonchev–Trinajstić information content (AvgIpc) is 4.04. The van der Waals surface area contributed by atoms with Crippen LogP contribution in [-0.4, -0.2) is 0 Å².